The van der Waals surface area contributed by atoms with Crippen LogP contribution in [0.5, 0.6) is 0 Å². The van der Waals surface area contributed by atoms with Crippen LogP contribution in [0.25, 0.3) is 0 Å². The fourth-order valence-corrected chi connectivity index (χ4v) is 2.47. The van der Waals surface area contributed by atoms with Gasteiger partial charge in [0, 0.05) is 13.1 Å². The zero-order chi connectivity index (χ0) is 12.1. The van der Waals surface area contributed by atoms with Gasteiger partial charge in [-0.3, -0.25) is 9.69 Å². The maximum Gasteiger partial charge on any atom is 0.234 e. The van der Waals surface area contributed by atoms with E-state index < -0.39 is 0 Å². The van der Waals surface area contributed by atoms with Crippen LogP contribution in [-0.2, 0) is 4.79 Å². The van der Waals surface area contributed by atoms with E-state index in [0.29, 0.717) is 12.5 Å². The fraction of sp³-hybridized carbons (Fsp3) is 0.923. The Bertz CT molecular complexity index is 247. The van der Waals surface area contributed by atoms with E-state index in [1.54, 1.807) is 0 Å². The minimum atomic E-state index is 0.183. The van der Waals surface area contributed by atoms with Crippen molar-refractivity contribution in [3.63, 3.8) is 0 Å². The molecule has 1 unspecified atom stereocenters. The standard InChI is InChI=1S/C13H25N3O/c1-16(9-12-3-2-6-14-7-12)10-13(17)15-8-11-4-5-11/h11-12,14H,2-10H2,1H3,(H,15,17). The predicted molar refractivity (Wildman–Crippen MR) is 68.8 cm³/mol. The summed E-state index contributed by atoms with van der Waals surface area (Å²) in [5.41, 5.74) is 0. The first-order valence-electron chi connectivity index (χ1n) is 6.90. The van der Waals surface area contributed by atoms with Crippen molar-refractivity contribution in [2.24, 2.45) is 11.8 Å². The average molecular weight is 239 g/mol. The largest absolute Gasteiger partial charge is 0.355 e. The summed E-state index contributed by atoms with van der Waals surface area (Å²) in [6.07, 6.45) is 5.15. The molecule has 0 aromatic rings. The summed E-state index contributed by atoms with van der Waals surface area (Å²) in [6, 6.07) is 0. The predicted octanol–water partition coefficient (Wildman–Crippen LogP) is 0.444. The second kappa shape index (κ2) is 6.36. The second-order valence-electron chi connectivity index (χ2n) is 5.66. The summed E-state index contributed by atoms with van der Waals surface area (Å²) in [7, 11) is 2.05. The molecular weight excluding hydrogens is 214 g/mol. The molecule has 1 saturated heterocycles. The summed E-state index contributed by atoms with van der Waals surface area (Å²) in [5.74, 6) is 1.67. The Morgan fingerprint density at radius 3 is 2.82 bits per heavy atom. The number of hydrogen-bond donors (Lipinski definition) is 2. The van der Waals surface area contributed by atoms with Crippen LogP contribution in [0.1, 0.15) is 25.7 Å². The molecular formula is C13H25N3O. The maximum absolute atomic E-state index is 11.7. The van der Waals surface area contributed by atoms with Crippen molar-refractivity contribution in [2.75, 3.05) is 39.8 Å². The number of piperidine rings is 1. The Morgan fingerprint density at radius 1 is 1.35 bits per heavy atom. The van der Waals surface area contributed by atoms with Gasteiger partial charge in [0.15, 0.2) is 0 Å². The maximum atomic E-state index is 11.7. The van der Waals surface area contributed by atoms with Crippen molar-refractivity contribution in [3.05, 3.63) is 0 Å². The Morgan fingerprint density at radius 2 is 2.18 bits per heavy atom. The van der Waals surface area contributed by atoms with Crippen molar-refractivity contribution in [3.8, 4) is 0 Å². The summed E-state index contributed by atoms with van der Waals surface area (Å²) >= 11 is 0. The normalized spacial score (nSPS) is 24.9. The van der Waals surface area contributed by atoms with Gasteiger partial charge in [0.2, 0.25) is 5.91 Å². The van der Waals surface area contributed by atoms with Gasteiger partial charge >= 0.3 is 0 Å². The topological polar surface area (TPSA) is 44.4 Å². The molecule has 0 bridgehead atoms. The van der Waals surface area contributed by atoms with Crippen LogP contribution < -0.4 is 10.6 Å². The molecule has 1 aliphatic carbocycles. The number of carbonyl (C=O) groups excluding carboxylic acids is 1. The molecule has 4 heteroatoms. The number of hydrogen-bond acceptors (Lipinski definition) is 3. The van der Waals surface area contributed by atoms with Gasteiger partial charge in [0.1, 0.15) is 0 Å². The summed E-state index contributed by atoms with van der Waals surface area (Å²) in [6.45, 7) is 4.72. The van der Waals surface area contributed by atoms with Crippen molar-refractivity contribution < 1.29 is 4.79 Å². The van der Waals surface area contributed by atoms with Crippen LogP contribution in [0.3, 0.4) is 0 Å². The fourth-order valence-electron chi connectivity index (χ4n) is 2.47. The van der Waals surface area contributed by atoms with Gasteiger partial charge in [-0.2, -0.15) is 0 Å². The molecule has 1 saturated carbocycles. The van der Waals surface area contributed by atoms with Gasteiger partial charge in [-0.25, -0.2) is 0 Å². The van der Waals surface area contributed by atoms with Crippen molar-refractivity contribution in [1.82, 2.24) is 15.5 Å². The number of amides is 1. The quantitative estimate of drug-likeness (QED) is 0.707. The van der Waals surface area contributed by atoms with Crippen molar-refractivity contribution in [1.29, 1.82) is 0 Å². The third kappa shape index (κ3) is 5.04. The SMILES string of the molecule is CN(CC(=O)NCC1CC1)CC1CCCNC1. The molecule has 1 heterocycles. The van der Waals surface area contributed by atoms with Crippen LogP contribution in [0.15, 0.2) is 0 Å². The lowest BCUT2D eigenvalue weighted by molar-refractivity contribution is -0.122. The Labute approximate surface area is 104 Å². The molecule has 4 nitrogen and oxygen atoms in total. The van der Waals surface area contributed by atoms with Crippen molar-refractivity contribution in [2.45, 2.75) is 25.7 Å². The van der Waals surface area contributed by atoms with E-state index in [9.17, 15) is 4.79 Å². The third-order valence-corrected chi connectivity index (χ3v) is 3.67. The minimum absolute atomic E-state index is 0.183. The van der Waals surface area contributed by atoms with E-state index in [-0.39, 0.29) is 5.91 Å². The highest BCUT2D eigenvalue weighted by atomic mass is 16.2. The highest BCUT2D eigenvalue weighted by Gasteiger charge is 2.22. The molecule has 0 radical (unpaired) electrons. The van der Waals surface area contributed by atoms with Crippen LogP contribution in [-0.4, -0.2) is 50.6 Å². The third-order valence-electron chi connectivity index (χ3n) is 3.67. The van der Waals surface area contributed by atoms with Crippen LogP contribution >= 0.6 is 0 Å². The lowest BCUT2D eigenvalue weighted by Gasteiger charge is -2.27. The molecule has 2 fully saturated rings. The molecule has 17 heavy (non-hydrogen) atoms. The second-order valence-corrected chi connectivity index (χ2v) is 5.66. The van der Waals surface area contributed by atoms with Gasteiger partial charge in [0.25, 0.3) is 0 Å². The van der Waals surface area contributed by atoms with E-state index in [2.05, 4.69) is 15.5 Å². The van der Waals surface area contributed by atoms with Gasteiger partial charge in [-0.1, -0.05) is 0 Å². The van der Waals surface area contributed by atoms with E-state index >= 15 is 0 Å². The smallest absolute Gasteiger partial charge is 0.234 e. The Kier molecular flexibility index (Phi) is 4.80. The first-order chi connectivity index (χ1) is 8.24. The highest BCUT2D eigenvalue weighted by Crippen LogP contribution is 2.27. The van der Waals surface area contributed by atoms with E-state index in [1.165, 1.54) is 25.7 Å². The zero-order valence-corrected chi connectivity index (χ0v) is 10.9. The lowest BCUT2D eigenvalue weighted by atomic mass is 9.99. The Balaban J connectivity index is 1.57. The molecule has 1 aliphatic heterocycles. The minimum Gasteiger partial charge on any atom is -0.355 e. The monoisotopic (exact) mass is 239 g/mol. The number of rotatable bonds is 6. The van der Waals surface area contributed by atoms with E-state index in [1.807, 2.05) is 7.05 Å². The van der Waals surface area contributed by atoms with Crippen LogP contribution in [0.4, 0.5) is 0 Å². The first kappa shape index (κ1) is 12.8. The molecule has 2 rings (SSSR count). The van der Waals surface area contributed by atoms with Crippen LogP contribution in [0, 0.1) is 11.8 Å². The molecule has 0 aromatic carbocycles. The first-order valence-corrected chi connectivity index (χ1v) is 6.90. The number of carbonyl (C=O) groups is 1. The summed E-state index contributed by atoms with van der Waals surface area (Å²) in [4.78, 5) is 13.8. The molecule has 1 atom stereocenters. The number of nitrogens with zero attached hydrogens (tertiary/aromatic N) is 1. The molecule has 0 aromatic heterocycles. The summed E-state index contributed by atoms with van der Waals surface area (Å²) in [5, 5.41) is 6.43. The van der Waals surface area contributed by atoms with Gasteiger partial charge in [-0.15, -0.1) is 0 Å². The van der Waals surface area contributed by atoms with Gasteiger partial charge in [0.05, 0.1) is 6.54 Å². The van der Waals surface area contributed by atoms with Gasteiger partial charge < -0.3 is 10.6 Å². The lowest BCUT2D eigenvalue weighted by Crippen LogP contribution is -2.41. The molecule has 98 valence electrons. The highest BCUT2D eigenvalue weighted by molar-refractivity contribution is 5.77. The Hall–Kier alpha value is -0.610. The van der Waals surface area contributed by atoms with E-state index in [4.69, 9.17) is 0 Å². The zero-order valence-electron chi connectivity index (χ0n) is 10.9. The summed E-state index contributed by atoms with van der Waals surface area (Å²) < 4.78 is 0. The molecule has 1 amide bonds. The molecule has 2 N–H and O–H groups in total. The number of likely N-dealkylation sites (N-methyl/N-ethyl adjacent to an activating group) is 1. The van der Waals surface area contributed by atoms with Gasteiger partial charge in [-0.05, 0) is 57.7 Å². The van der Waals surface area contributed by atoms with E-state index in [0.717, 1.165) is 32.1 Å². The average Bonchev–Trinajstić information content (AvgIpc) is 3.11. The number of nitrogens with one attached hydrogen (secondary N) is 2. The van der Waals surface area contributed by atoms with Crippen LogP contribution in [0.2, 0.25) is 0 Å². The molecule has 0 spiro atoms. The van der Waals surface area contributed by atoms with Crippen molar-refractivity contribution >= 4 is 5.91 Å². The molecule has 2 aliphatic rings.